The van der Waals surface area contributed by atoms with Crippen molar-refractivity contribution in [3.05, 3.63) is 58.5 Å². The molecular formula is C24H31NO7S. The molecule has 0 saturated heterocycles. The van der Waals surface area contributed by atoms with Crippen LogP contribution < -0.4 is 5.32 Å². The first-order valence-electron chi connectivity index (χ1n) is 11.0. The van der Waals surface area contributed by atoms with Crippen LogP contribution >= 0.6 is 11.3 Å². The number of aliphatic hydroxyl groups excluding tert-OH is 1. The minimum absolute atomic E-state index is 0.0100. The van der Waals surface area contributed by atoms with Crippen LogP contribution in [-0.4, -0.2) is 62.1 Å². The fraction of sp³-hybridized carbons (Fsp3) is 0.458. The van der Waals surface area contributed by atoms with Gasteiger partial charge in [-0.25, -0.2) is 0 Å². The Kier molecular flexibility index (Phi) is 10.2. The van der Waals surface area contributed by atoms with E-state index in [1.165, 1.54) is 6.07 Å². The molecule has 0 saturated carbocycles. The molecule has 0 fully saturated rings. The van der Waals surface area contributed by atoms with Crippen molar-refractivity contribution in [2.24, 2.45) is 5.92 Å². The molecule has 9 heteroatoms. The van der Waals surface area contributed by atoms with Crippen LogP contribution in [0.4, 0.5) is 5.69 Å². The van der Waals surface area contributed by atoms with Gasteiger partial charge in [-0.1, -0.05) is 12.1 Å². The molecule has 0 unspecified atom stereocenters. The maximum atomic E-state index is 13.0. The molecule has 3 rings (SSSR count). The largest absolute Gasteiger partial charge is 0.506 e. The zero-order valence-electron chi connectivity index (χ0n) is 18.6. The van der Waals surface area contributed by atoms with E-state index in [2.05, 4.69) is 10.7 Å². The molecule has 33 heavy (non-hydrogen) atoms. The molecule has 2 aromatic rings. The lowest BCUT2D eigenvalue weighted by Gasteiger charge is -2.36. The Hall–Kier alpha value is -2.43. The number of rotatable bonds is 13. The molecule has 180 valence electrons. The SMILES string of the molecule is CCO[C@H]1OC(C(=O)Nc2ccccc2O)=C[C@@H](c2ccsc2)[C@@H]1CCOCCOCCO. The number of aliphatic hydroxyl groups is 1. The fourth-order valence-electron chi connectivity index (χ4n) is 3.65. The Balaban J connectivity index is 1.73. The molecule has 0 radical (unpaired) electrons. The van der Waals surface area contributed by atoms with E-state index in [4.69, 9.17) is 24.1 Å². The number of phenols is 1. The van der Waals surface area contributed by atoms with Crippen LogP contribution in [0.15, 0.2) is 52.9 Å². The minimum atomic E-state index is -0.621. The van der Waals surface area contributed by atoms with Crippen molar-refractivity contribution in [1.82, 2.24) is 0 Å². The molecular weight excluding hydrogens is 446 g/mol. The van der Waals surface area contributed by atoms with E-state index in [1.807, 2.05) is 24.4 Å². The monoisotopic (exact) mass is 477 g/mol. The predicted octanol–water partition coefficient (Wildman–Crippen LogP) is 3.48. The lowest BCUT2D eigenvalue weighted by molar-refractivity contribution is -0.166. The van der Waals surface area contributed by atoms with Crippen LogP contribution in [0, 0.1) is 5.92 Å². The second-order valence-corrected chi connectivity index (χ2v) is 8.21. The highest BCUT2D eigenvalue weighted by atomic mass is 32.1. The highest BCUT2D eigenvalue weighted by Gasteiger charge is 2.38. The summed E-state index contributed by atoms with van der Waals surface area (Å²) in [5, 5.41) is 25.5. The highest BCUT2D eigenvalue weighted by Crippen LogP contribution is 2.39. The number of anilines is 1. The molecule has 1 amide bonds. The zero-order valence-corrected chi connectivity index (χ0v) is 19.5. The molecule has 0 aliphatic carbocycles. The zero-order chi connectivity index (χ0) is 23.5. The second kappa shape index (κ2) is 13.3. The van der Waals surface area contributed by atoms with Crippen LogP contribution in [0.5, 0.6) is 5.75 Å². The van der Waals surface area contributed by atoms with Crippen molar-refractivity contribution in [2.45, 2.75) is 25.6 Å². The Morgan fingerprint density at radius 2 is 1.94 bits per heavy atom. The number of ether oxygens (including phenoxy) is 4. The first-order valence-corrected chi connectivity index (χ1v) is 12.0. The van der Waals surface area contributed by atoms with Crippen molar-refractivity contribution in [2.75, 3.05) is 45.0 Å². The van der Waals surface area contributed by atoms with Gasteiger partial charge in [-0.05, 0) is 53.9 Å². The number of para-hydroxylation sites is 2. The number of amides is 1. The van der Waals surface area contributed by atoms with Crippen molar-refractivity contribution < 1.29 is 34.0 Å². The molecule has 3 atom stereocenters. The molecule has 8 nitrogen and oxygen atoms in total. The number of thiophene rings is 1. The van der Waals surface area contributed by atoms with Gasteiger partial charge in [-0.15, -0.1) is 0 Å². The predicted molar refractivity (Wildman–Crippen MR) is 125 cm³/mol. The number of carbonyl (C=O) groups is 1. The molecule has 0 spiro atoms. The van der Waals surface area contributed by atoms with Crippen LogP contribution in [-0.2, 0) is 23.7 Å². The van der Waals surface area contributed by atoms with E-state index in [0.717, 1.165) is 5.56 Å². The Labute approximate surface area is 197 Å². The fourth-order valence-corrected chi connectivity index (χ4v) is 4.36. The van der Waals surface area contributed by atoms with Crippen molar-refractivity contribution in [3.8, 4) is 5.75 Å². The molecule has 1 aliphatic heterocycles. The topological polar surface area (TPSA) is 106 Å². The lowest BCUT2D eigenvalue weighted by Crippen LogP contribution is -2.38. The maximum Gasteiger partial charge on any atom is 0.290 e. The quantitative estimate of drug-likeness (QED) is 0.300. The molecule has 1 aromatic heterocycles. The molecule has 0 bridgehead atoms. The molecule has 2 heterocycles. The third kappa shape index (κ3) is 7.28. The van der Waals surface area contributed by atoms with Crippen LogP contribution in [0.2, 0.25) is 0 Å². The van der Waals surface area contributed by atoms with Crippen molar-refractivity contribution >= 4 is 22.9 Å². The Morgan fingerprint density at radius 1 is 1.15 bits per heavy atom. The van der Waals surface area contributed by atoms with Gasteiger partial charge in [0.2, 0.25) is 6.29 Å². The first-order chi connectivity index (χ1) is 16.1. The number of hydrogen-bond acceptors (Lipinski definition) is 8. The van der Waals surface area contributed by atoms with Crippen molar-refractivity contribution in [3.63, 3.8) is 0 Å². The minimum Gasteiger partial charge on any atom is -0.506 e. The lowest BCUT2D eigenvalue weighted by atomic mass is 9.82. The standard InChI is InChI=1S/C24H31NO7S/c1-2-31-24-18(7-10-29-12-13-30-11-9-26)19(17-8-14-33-16-17)15-22(32-24)23(28)25-20-5-3-4-6-21(20)27/h3-6,8,14-16,18-19,24,26-27H,2,7,9-13H2,1H3,(H,25,28)/t18-,19-,24-/m0/s1. The van der Waals surface area contributed by atoms with Gasteiger partial charge >= 0.3 is 0 Å². The summed E-state index contributed by atoms with van der Waals surface area (Å²) in [6, 6.07) is 8.58. The molecule has 1 aliphatic rings. The average Bonchev–Trinajstić information content (AvgIpc) is 3.35. The summed E-state index contributed by atoms with van der Waals surface area (Å²) >= 11 is 1.59. The van der Waals surface area contributed by atoms with Gasteiger partial charge in [0, 0.05) is 25.0 Å². The Morgan fingerprint density at radius 3 is 2.64 bits per heavy atom. The number of carbonyl (C=O) groups excluding carboxylic acids is 1. The van der Waals surface area contributed by atoms with Crippen LogP contribution in [0.1, 0.15) is 24.8 Å². The number of benzene rings is 1. The van der Waals surface area contributed by atoms with Crippen LogP contribution in [0.25, 0.3) is 0 Å². The van der Waals surface area contributed by atoms with Gasteiger partial charge in [-0.2, -0.15) is 11.3 Å². The number of phenolic OH excluding ortho intramolecular Hbond substituents is 1. The van der Waals surface area contributed by atoms with E-state index in [-0.39, 0.29) is 30.0 Å². The van der Waals surface area contributed by atoms with Gasteiger partial charge in [0.15, 0.2) is 5.76 Å². The second-order valence-electron chi connectivity index (χ2n) is 7.43. The van der Waals surface area contributed by atoms with E-state index in [0.29, 0.717) is 45.1 Å². The summed E-state index contributed by atoms with van der Waals surface area (Å²) in [5.41, 5.74) is 1.39. The van der Waals surface area contributed by atoms with Gasteiger partial charge in [-0.3, -0.25) is 4.79 Å². The van der Waals surface area contributed by atoms with Crippen LogP contribution in [0.3, 0.4) is 0 Å². The number of nitrogens with one attached hydrogen (secondary N) is 1. The third-order valence-corrected chi connectivity index (χ3v) is 5.92. The van der Waals surface area contributed by atoms with E-state index in [9.17, 15) is 9.90 Å². The van der Waals surface area contributed by atoms with Gasteiger partial charge in [0.1, 0.15) is 5.75 Å². The summed E-state index contributed by atoms with van der Waals surface area (Å²) in [7, 11) is 0. The summed E-state index contributed by atoms with van der Waals surface area (Å²) < 4.78 is 22.8. The van der Waals surface area contributed by atoms with Gasteiger partial charge < -0.3 is 34.5 Å². The third-order valence-electron chi connectivity index (χ3n) is 5.22. The normalized spacial score (nSPS) is 20.2. The van der Waals surface area contributed by atoms with Crippen molar-refractivity contribution in [1.29, 1.82) is 0 Å². The summed E-state index contributed by atoms with van der Waals surface area (Å²) in [4.78, 5) is 13.0. The van der Waals surface area contributed by atoms with E-state index < -0.39 is 12.2 Å². The van der Waals surface area contributed by atoms with E-state index in [1.54, 1.807) is 29.5 Å². The van der Waals surface area contributed by atoms with E-state index >= 15 is 0 Å². The smallest absolute Gasteiger partial charge is 0.290 e. The van der Waals surface area contributed by atoms with Gasteiger partial charge in [0.05, 0.1) is 32.1 Å². The maximum absolute atomic E-state index is 13.0. The first kappa shape index (κ1) is 25.2. The van der Waals surface area contributed by atoms with Gasteiger partial charge in [0.25, 0.3) is 5.91 Å². The average molecular weight is 478 g/mol. The Bertz CT molecular complexity index is 887. The summed E-state index contributed by atoms with van der Waals surface area (Å²) in [6.07, 6.45) is 1.86. The summed E-state index contributed by atoms with van der Waals surface area (Å²) in [6.45, 7) is 3.93. The number of aromatic hydroxyl groups is 1. The highest BCUT2D eigenvalue weighted by molar-refractivity contribution is 7.08. The number of hydrogen-bond donors (Lipinski definition) is 3. The molecule has 1 aromatic carbocycles. The number of allylic oxidation sites excluding steroid dienone is 1. The summed E-state index contributed by atoms with van der Waals surface area (Å²) in [5.74, 6) is -0.462. The molecule has 3 N–H and O–H groups in total.